The average molecular weight is 464 g/mol. The summed E-state index contributed by atoms with van der Waals surface area (Å²) in [5.41, 5.74) is 1.45. The van der Waals surface area contributed by atoms with Crippen molar-refractivity contribution >= 4 is 33.2 Å². The van der Waals surface area contributed by atoms with Gasteiger partial charge in [0.15, 0.2) is 0 Å². The molecule has 0 bridgehead atoms. The molecular formula is C23H30ClN3O3S. The molecule has 1 aromatic carbocycles. The van der Waals surface area contributed by atoms with Crippen LogP contribution in [0.2, 0.25) is 5.02 Å². The third-order valence-corrected chi connectivity index (χ3v) is 5.95. The fraction of sp³-hybridized carbons (Fsp3) is 0.478. The summed E-state index contributed by atoms with van der Waals surface area (Å²) < 4.78 is 5.53. The molecule has 1 unspecified atom stereocenters. The third-order valence-electron chi connectivity index (χ3n) is 4.74. The zero-order valence-electron chi connectivity index (χ0n) is 18.4. The molecule has 1 atom stereocenters. The van der Waals surface area contributed by atoms with Gasteiger partial charge in [0.2, 0.25) is 0 Å². The SMILES string of the molecule is CC(C)CN(Cc1nc2scc(-c3ccccc3Cl)c2c(=O)[nH]1)CC(O)COC(C)C. The highest BCUT2D eigenvalue weighted by molar-refractivity contribution is 7.17. The number of hydrogen-bond acceptors (Lipinski definition) is 6. The van der Waals surface area contributed by atoms with Gasteiger partial charge >= 0.3 is 0 Å². The minimum atomic E-state index is -0.606. The van der Waals surface area contributed by atoms with Crippen molar-refractivity contribution < 1.29 is 9.84 Å². The number of aliphatic hydroxyl groups excluding tert-OH is 1. The number of aromatic amines is 1. The molecule has 0 fully saturated rings. The molecule has 0 saturated heterocycles. The Kier molecular flexibility index (Phi) is 8.24. The number of nitrogens with one attached hydrogen (secondary N) is 1. The summed E-state index contributed by atoms with van der Waals surface area (Å²) in [6.45, 7) is 10.1. The first kappa shape index (κ1) is 23.9. The molecule has 0 radical (unpaired) electrons. The number of hydrogen-bond donors (Lipinski definition) is 2. The summed E-state index contributed by atoms with van der Waals surface area (Å²) in [4.78, 5) is 23.4. The zero-order valence-corrected chi connectivity index (χ0v) is 20.0. The van der Waals surface area contributed by atoms with Crippen molar-refractivity contribution in [2.45, 2.75) is 46.4 Å². The topological polar surface area (TPSA) is 78.5 Å². The second-order valence-corrected chi connectivity index (χ2v) is 9.71. The number of nitrogens with zero attached hydrogens (tertiary/aromatic N) is 2. The summed E-state index contributed by atoms with van der Waals surface area (Å²) in [6.07, 6.45) is -0.537. The first-order valence-electron chi connectivity index (χ1n) is 10.5. The van der Waals surface area contributed by atoms with Crippen molar-refractivity contribution in [3.8, 4) is 11.1 Å². The first-order valence-corrected chi connectivity index (χ1v) is 11.8. The van der Waals surface area contributed by atoms with E-state index in [4.69, 9.17) is 21.3 Å². The van der Waals surface area contributed by atoms with Crippen molar-refractivity contribution in [1.82, 2.24) is 14.9 Å². The maximum atomic E-state index is 12.9. The highest BCUT2D eigenvalue weighted by atomic mass is 35.5. The number of benzene rings is 1. The van der Waals surface area contributed by atoms with Gasteiger partial charge in [-0.15, -0.1) is 11.3 Å². The van der Waals surface area contributed by atoms with Gasteiger partial charge in [-0.1, -0.05) is 43.6 Å². The number of aromatic nitrogens is 2. The van der Waals surface area contributed by atoms with E-state index in [9.17, 15) is 9.90 Å². The Morgan fingerprint density at radius 1 is 1.19 bits per heavy atom. The van der Waals surface area contributed by atoms with Crippen LogP contribution >= 0.6 is 22.9 Å². The van der Waals surface area contributed by atoms with Gasteiger partial charge in [0.05, 0.1) is 30.7 Å². The maximum absolute atomic E-state index is 12.9. The van der Waals surface area contributed by atoms with Crippen LogP contribution in [0.4, 0.5) is 0 Å². The zero-order chi connectivity index (χ0) is 22.5. The molecule has 3 rings (SSSR count). The van der Waals surface area contributed by atoms with Gasteiger partial charge in [-0.05, 0) is 25.8 Å². The molecule has 0 amide bonds. The van der Waals surface area contributed by atoms with Crippen molar-refractivity contribution in [3.63, 3.8) is 0 Å². The molecular weight excluding hydrogens is 434 g/mol. The number of aliphatic hydroxyl groups is 1. The molecule has 0 aliphatic heterocycles. The van der Waals surface area contributed by atoms with E-state index < -0.39 is 6.10 Å². The monoisotopic (exact) mass is 463 g/mol. The number of thiophene rings is 1. The van der Waals surface area contributed by atoms with Gasteiger partial charge in [-0.3, -0.25) is 9.69 Å². The minimum absolute atomic E-state index is 0.0692. The van der Waals surface area contributed by atoms with Crippen LogP contribution < -0.4 is 5.56 Å². The Morgan fingerprint density at radius 2 is 1.94 bits per heavy atom. The van der Waals surface area contributed by atoms with Gasteiger partial charge < -0.3 is 14.8 Å². The Bertz CT molecular complexity index is 1060. The molecule has 0 aliphatic carbocycles. The third kappa shape index (κ3) is 6.37. The van der Waals surface area contributed by atoms with Crippen molar-refractivity contribution in [1.29, 1.82) is 0 Å². The van der Waals surface area contributed by atoms with E-state index in [-0.39, 0.29) is 18.3 Å². The Labute approximate surface area is 191 Å². The van der Waals surface area contributed by atoms with Crippen LogP contribution in [0.25, 0.3) is 21.3 Å². The average Bonchev–Trinajstić information content (AvgIpc) is 3.10. The predicted molar refractivity (Wildman–Crippen MR) is 128 cm³/mol. The molecule has 0 saturated carbocycles. The Balaban J connectivity index is 1.84. The van der Waals surface area contributed by atoms with Gasteiger partial charge in [0, 0.05) is 34.6 Å². The fourth-order valence-electron chi connectivity index (χ4n) is 3.53. The standard InChI is InChI=1S/C23H30ClN3O3S/c1-14(2)9-27(10-16(28)12-30-15(3)4)11-20-25-22(29)21-18(13-31-23(21)26-20)17-7-5-6-8-19(17)24/h5-8,13-16,28H,9-12H2,1-4H3,(H,25,26,29). The van der Waals surface area contributed by atoms with Crippen LogP contribution in [0.15, 0.2) is 34.4 Å². The van der Waals surface area contributed by atoms with Crippen LogP contribution in [0.1, 0.15) is 33.5 Å². The predicted octanol–water partition coefficient (Wildman–Crippen LogP) is 4.55. The van der Waals surface area contributed by atoms with Crippen LogP contribution in [0, 0.1) is 5.92 Å². The normalized spacial score (nSPS) is 13.1. The van der Waals surface area contributed by atoms with Crippen molar-refractivity contribution in [2.75, 3.05) is 19.7 Å². The number of ether oxygens (including phenoxy) is 1. The van der Waals surface area contributed by atoms with Crippen molar-refractivity contribution in [3.05, 3.63) is 50.8 Å². The quantitative estimate of drug-likeness (QED) is 0.461. The lowest BCUT2D eigenvalue weighted by Crippen LogP contribution is -2.38. The largest absolute Gasteiger partial charge is 0.389 e. The van der Waals surface area contributed by atoms with Crippen LogP contribution in [-0.4, -0.2) is 51.9 Å². The second kappa shape index (κ2) is 10.7. The highest BCUT2D eigenvalue weighted by Gasteiger charge is 2.18. The lowest BCUT2D eigenvalue weighted by atomic mass is 10.1. The fourth-order valence-corrected chi connectivity index (χ4v) is 4.73. The lowest BCUT2D eigenvalue weighted by molar-refractivity contribution is -0.0111. The van der Waals surface area contributed by atoms with E-state index >= 15 is 0 Å². The Morgan fingerprint density at radius 3 is 2.61 bits per heavy atom. The van der Waals surface area contributed by atoms with Crippen molar-refractivity contribution in [2.24, 2.45) is 5.92 Å². The second-order valence-electron chi connectivity index (χ2n) is 8.45. The number of rotatable bonds is 10. The molecule has 3 aromatic rings. The number of H-pyrrole nitrogens is 1. The molecule has 8 heteroatoms. The minimum Gasteiger partial charge on any atom is -0.389 e. The Hall–Kier alpha value is -1.77. The van der Waals surface area contributed by atoms with E-state index in [0.29, 0.717) is 40.1 Å². The van der Waals surface area contributed by atoms with Crippen LogP contribution in [0.3, 0.4) is 0 Å². The summed E-state index contributed by atoms with van der Waals surface area (Å²) in [6, 6.07) is 7.49. The molecule has 2 aromatic heterocycles. The number of fused-ring (bicyclic) bond motifs is 1. The van der Waals surface area contributed by atoms with E-state index in [1.165, 1.54) is 11.3 Å². The molecule has 0 spiro atoms. The van der Waals surface area contributed by atoms with Gasteiger partial charge in [-0.2, -0.15) is 0 Å². The molecule has 2 heterocycles. The molecule has 168 valence electrons. The summed E-state index contributed by atoms with van der Waals surface area (Å²) in [5.74, 6) is 0.991. The molecule has 6 nitrogen and oxygen atoms in total. The van der Waals surface area contributed by atoms with E-state index in [1.54, 1.807) is 0 Å². The molecule has 0 aliphatic rings. The van der Waals surface area contributed by atoms with Gasteiger partial charge in [0.25, 0.3) is 5.56 Å². The van der Waals surface area contributed by atoms with E-state index in [1.807, 2.05) is 43.5 Å². The number of halogens is 1. The summed E-state index contributed by atoms with van der Waals surface area (Å²) >= 11 is 7.78. The molecule has 2 N–H and O–H groups in total. The summed E-state index contributed by atoms with van der Waals surface area (Å²) in [7, 11) is 0. The maximum Gasteiger partial charge on any atom is 0.260 e. The highest BCUT2D eigenvalue weighted by Crippen LogP contribution is 2.34. The molecule has 31 heavy (non-hydrogen) atoms. The van der Waals surface area contributed by atoms with Gasteiger partial charge in [-0.25, -0.2) is 4.98 Å². The lowest BCUT2D eigenvalue weighted by Gasteiger charge is -2.26. The summed E-state index contributed by atoms with van der Waals surface area (Å²) in [5, 5.41) is 13.5. The van der Waals surface area contributed by atoms with Crippen LogP contribution in [0.5, 0.6) is 0 Å². The van der Waals surface area contributed by atoms with Gasteiger partial charge in [0.1, 0.15) is 10.7 Å². The van der Waals surface area contributed by atoms with E-state index in [0.717, 1.165) is 17.7 Å². The van der Waals surface area contributed by atoms with E-state index in [2.05, 4.69) is 23.7 Å². The first-order chi connectivity index (χ1) is 14.7. The smallest absolute Gasteiger partial charge is 0.260 e. The van der Waals surface area contributed by atoms with Crippen LogP contribution in [-0.2, 0) is 11.3 Å².